The standard InChI is InChI=1S/C10H19N3O4/c1-5(6(2)9(15)13-17)8(14)12-7(3)10(16)11-4/h5-7,17H,1-4H3,(H,11,16)(H,12,14)(H,13,15)/t5-,6+,7+/m1/s1. The average molecular weight is 245 g/mol. The first kappa shape index (κ1) is 15.4. The van der Waals surface area contributed by atoms with Gasteiger partial charge >= 0.3 is 0 Å². The second kappa shape index (κ2) is 6.85. The highest BCUT2D eigenvalue weighted by Gasteiger charge is 2.27. The highest BCUT2D eigenvalue weighted by Crippen LogP contribution is 2.11. The van der Waals surface area contributed by atoms with Crippen molar-refractivity contribution in [1.29, 1.82) is 0 Å². The van der Waals surface area contributed by atoms with Gasteiger partial charge in [-0.15, -0.1) is 0 Å². The topological polar surface area (TPSA) is 108 Å². The van der Waals surface area contributed by atoms with E-state index in [2.05, 4.69) is 10.6 Å². The minimum absolute atomic E-state index is 0.315. The van der Waals surface area contributed by atoms with Gasteiger partial charge in [-0.25, -0.2) is 5.48 Å². The summed E-state index contributed by atoms with van der Waals surface area (Å²) in [6.07, 6.45) is 0. The summed E-state index contributed by atoms with van der Waals surface area (Å²) in [5.74, 6) is -2.70. The number of hydroxylamine groups is 1. The lowest BCUT2D eigenvalue weighted by Crippen LogP contribution is -2.47. The predicted molar refractivity (Wildman–Crippen MR) is 59.9 cm³/mol. The minimum Gasteiger partial charge on any atom is -0.357 e. The summed E-state index contributed by atoms with van der Waals surface area (Å²) in [6.45, 7) is 4.60. The largest absolute Gasteiger partial charge is 0.357 e. The summed E-state index contributed by atoms with van der Waals surface area (Å²) >= 11 is 0. The minimum atomic E-state index is -0.683. The van der Waals surface area contributed by atoms with E-state index in [1.54, 1.807) is 13.8 Å². The van der Waals surface area contributed by atoms with E-state index in [0.717, 1.165) is 0 Å². The van der Waals surface area contributed by atoms with E-state index >= 15 is 0 Å². The van der Waals surface area contributed by atoms with Crippen LogP contribution in [0.15, 0.2) is 0 Å². The number of carbonyl (C=O) groups is 3. The Kier molecular flexibility index (Phi) is 6.19. The molecular formula is C10H19N3O4. The Hall–Kier alpha value is -1.63. The molecule has 0 aliphatic carbocycles. The first-order chi connectivity index (χ1) is 7.84. The molecule has 0 radical (unpaired) electrons. The van der Waals surface area contributed by atoms with Crippen LogP contribution in [0.25, 0.3) is 0 Å². The lowest BCUT2D eigenvalue weighted by molar-refractivity contribution is -0.139. The molecule has 17 heavy (non-hydrogen) atoms. The normalized spacial score (nSPS) is 15.4. The lowest BCUT2D eigenvalue weighted by Gasteiger charge is -2.20. The fraction of sp³-hybridized carbons (Fsp3) is 0.700. The summed E-state index contributed by atoms with van der Waals surface area (Å²) in [5, 5.41) is 13.3. The van der Waals surface area contributed by atoms with Crippen molar-refractivity contribution < 1.29 is 19.6 Å². The third-order valence-corrected chi connectivity index (χ3v) is 2.69. The first-order valence-corrected chi connectivity index (χ1v) is 5.31. The first-order valence-electron chi connectivity index (χ1n) is 5.31. The summed E-state index contributed by atoms with van der Waals surface area (Å²) in [4.78, 5) is 34.0. The van der Waals surface area contributed by atoms with Crippen LogP contribution >= 0.6 is 0 Å². The molecule has 0 fully saturated rings. The Morgan fingerprint density at radius 2 is 1.41 bits per heavy atom. The maximum Gasteiger partial charge on any atom is 0.246 e. The molecule has 7 heteroatoms. The Labute approximate surface area is 99.9 Å². The van der Waals surface area contributed by atoms with Crippen molar-refractivity contribution >= 4 is 17.7 Å². The van der Waals surface area contributed by atoms with Crippen LogP contribution in [0.4, 0.5) is 0 Å². The zero-order valence-corrected chi connectivity index (χ0v) is 10.4. The van der Waals surface area contributed by atoms with Gasteiger partial charge in [0.2, 0.25) is 17.7 Å². The van der Waals surface area contributed by atoms with Gasteiger partial charge in [-0.05, 0) is 6.92 Å². The molecule has 0 unspecified atom stereocenters. The van der Waals surface area contributed by atoms with E-state index in [-0.39, 0.29) is 5.91 Å². The zero-order chi connectivity index (χ0) is 13.6. The molecular weight excluding hydrogens is 226 g/mol. The SMILES string of the molecule is CNC(=O)[C@H](C)NC(=O)[C@H](C)[C@H](C)C(=O)NO. The van der Waals surface area contributed by atoms with Gasteiger partial charge in [0.1, 0.15) is 6.04 Å². The van der Waals surface area contributed by atoms with Gasteiger partial charge < -0.3 is 10.6 Å². The molecule has 3 amide bonds. The summed E-state index contributed by atoms with van der Waals surface area (Å²) in [5.41, 5.74) is 1.49. The van der Waals surface area contributed by atoms with Crippen LogP contribution < -0.4 is 16.1 Å². The number of nitrogens with one attached hydrogen (secondary N) is 3. The molecule has 3 atom stereocenters. The van der Waals surface area contributed by atoms with Gasteiger partial charge in [0.05, 0.1) is 0 Å². The molecule has 0 bridgehead atoms. The summed E-state index contributed by atoms with van der Waals surface area (Å²) < 4.78 is 0. The number of carbonyl (C=O) groups excluding carboxylic acids is 3. The fourth-order valence-corrected chi connectivity index (χ4v) is 1.18. The molecule has 0 saturated carbocycles. The van der Waals surface area contributed by atoms with E-state index in [1.165, 1.54) is 19.5 Å². The van der Waals surface area contributed by atoms with Gasteiger partial charge in [-0.3, -0.25) is 19.6 Å². The van der Waals surface area contributed by atoms with Gasteiger partial charge in [0.15, 0.2) is 0 Å². The van der Waals surface area contributed by atoms with Crippen LogP contribution in [0.2, 0.25) is 0 Å². The van der Waals surface area contributed by atoms with Gasteiger partial charge in [0.25, 0.3) is 0 Å². The highest BCUT2D eigenvalue weighted by molar-refractivity contribution is 5.90. The van der Waals surface area contributed by atoms with Crippen LogP contribution in [-0.4, -0.2) is 36.0 Å². The number of rotatable bonds is 5. The van der Waals surface area contributed by atoms with Gasteiger partial charge in [0, 0.05) is 18.9 Å². The second-order valence-corrected chi connectivity index (χ2v) is 3.90. The molecule has 0 aliphatic rings. The zero-order valence-electron chi connectivity index (χ0n) is 10.4. The van der Waals surface area contributed by atoms with Crippen LogP contribution in [0, 0.1) is 11.8 Å². The van der Waals surface area contributed by atoms with E-state index < -0.39 is 29.7 Å². The number of likely N-dealkylation sites (N-methyl/N-ethyl adjacent to an activating group) is 1. The van der Waals surface area contributed by atoms with Crippen molar-refractivity contribution in [3.8, 4) is 0 Å². The van der Waals surface area contributed by atoms with Crippen molar-refractivity contribution in [1.82, 2.24) is 16.1 Å². The third-order valence-electron chi connectivity index (χ3n) is 2.69. The van der Waals surface area contributed by atoms with Crippen molar-refractivity contribution in [2.45, 2.75) is 26.8 Å². The highest BCUT2D eigenvalue weighted by atomic mass is 16.5. The average Bonchev–Trinajstić information content (AvgIpc) is 2.34. The third kappa shape index (κ3) is 4.39. The Morgan fingerprint density at radius 1 is 0.941 bits per heavy atom. The molecule has 7 nitrogen and oxygen atoms in total. The second-order valence-electron chi connectivity index (χ2n) is 3.90. The molecule has 0 aromatic rings. The Bertz CT molecular complexity index is 306. The molecule has 0 rings (SSSR count). The van der Waals surface area contributed by atoms with E-state index in [4.69, 9.17) is 5.21 Å². The fourth-order valence-electron chi connectivity index (χ4n) is 1.18. The maximum absolute atomic E-state index is 11.7. The van der Waals surface area contributed by atoms with E-state index in [9.17, 15) is 14.4 Å². The van der Waals surface area contributed by atoms with Crippen molar-refractivity contribution in [3.05, 3.63) is 0 Å². The molecule has 0 aromatic carbocycles. The van der Waals surface area contributed by atoms with Crippen LogP contribution in [0.1, 0.15) is 20.8 Å². The van der Waals surface area contributed by atoms with Gasteiger partial charge in [-0.2, -0.15) is 0 Å². The van der Waals surface area contributed by atoms with Crippen molar-refractivity contribution in [2.75, 3.05) is 7.05 Å². The smallest absolute Gasteiger partial charge is 0.246 e. The maximum atomic E-state index is 11.7. The predicted octanol–water partition coefficient (Wildman–Crippen LogP) is -0.985. The summed E-state index contributed by atoms with van der Waals surface area (Å²) in [6, 6.07) is -0.667. The van der Waals surface area contributed by atoms with E-state index in [0.29, 0.717) is 0 Å². The van der Waals surface area contributed by atoms with E-state index in [1.807, 2.05) is 0 Å². The molecule has 0 aromatic heterocycles. The van der Waals surface area contributed by atoms with Gasteiger partial charge in [-0.1, -0.05) is 13.8 Å². The lowest BCUT2D eigenvalue weighted by atomic mass is 9.94. The summed E-state index contributed by atoms with van der Waals surface area (Å²) in [7, 11) is 1.47. The Balaban J connectivity index is 4.41. The molecule has 98 valence electrons. The van der Waals surface area contributed by atoms with Crippen molar-refractivity contribution in [2.24, 2.45) is 11.8 Å². The van der Waals surface area contributed by atoms with Crippen molar-refractivity contribution in [3.63, 3.8) is 0 Å². The number of hydrogen-bond acceptors (Lipinski definition) is 4. The molecule has 0 saturated heterocycles. The van der Waals surface area contributed by atoms with Crippen LogP contribution in [0.5, 0.6) is 0 Å². The number of amides is 3. The molecule has 0 spiro atoms. The molecule has 4 N–H and O–H groups in total. The number of hydrogen-bond donors (Lipinski definition) is 4. The van der Waals surface area contributed by atoms with Crippen LogP contribution in [0.3, 0.4) is 0 Å². The monoisotopic (exact) mass is 245 g/mol. The Morgan fingerprint density at radius 3 is 1.82 bits per heavy atom. The quantitative estimate of drug-likeness (QED) is 0.368. The van der Waals surface area contributed by atoms with Crippen LogP contribution in [-0.2, 0) is 14.4 Å². The molecule has 0 heterocycles. The molecule has 0 aliphatic heterocycles.